The molecule has 0 aromatic heterocycles. The minimum atomic E-state index is -3.59. The summed E-state index contributed by atoms with van der Waals surface area (Å²) in [5.41, 5.74) is 0.880. The minimum absolute atomic E-state index is 0.161. The van der Waals surface area contributed by atoms with Crippen molar-refractivity contribution in [1.82, 2.24) is 4.72 Å². The summed E-state index contributed by atoms with van der Waals surface area (Å²) in [4.78, 5) is 11.5. The number of benzene rings is 2. The van der Waals surface area contributed by atoms with Crippen molar-refractivity contribution in [3.8, 4) is 5.75 Å². The fourth-order valence-corrected chi connectivity index (χ4v) is 3.32. The second-order valence-corrected chi connectivity index (χ2v) is 7.55. The highest BCUT2D eigenvalue weighted by atomic mass is 35.5. The Bertz CT molecular complexity index is 837. The number of carbonyl (C=O) groups is 1. The fourth-order valence-electron chi connectivity index (χ4n) is 2.16. The molecule has 6 nitrogen and oxygen atoms in total. The van der Waals surface area contributed by atoms with Crippen molar-refractivity contribution in [2.24, 2.45) is 0 Å². The second kappa shape index (κ2) is 9.56. The normalized spacial score (nSPS) is 11.2. The summed E-state index contributed by atoms with van der Waals surface area (Å²) < 4.78 is 37.1. The molecule has 0 radical (unpaired) electrons. The van der Waals surface area contributed by atoms with Crippen molar-refractivity contribution in [1.29, 1.82) is 0 Å². The molecule has 8 heteroatoms. The van der Waals surface area contributed by atoms with Crippen LogP contribution < -0.4 is 9.46 Å². The van der Waals surface area contributed by atoms with E-state index in [0.29, 0.717) is 23.8 Å². The van der Waals surface area contributed by atoms with Crippen LogP contribution >= 0.6 is 11.6 Å². The van der Waals surface area contributed by atoms with Gasteiger partial charge in [0.05, 0.1) is 11.5 Å². The average Bonchev–Trinajstić information content (AvgIpc) is 2.61. The van der Waals surface area contributed by atoms with Gasteiger partial charge in [0.25, 0.3) is 0 Å². The average molecular weight is 398 g/mol. The van der Waals surface area contributed by atoms with E-state index < -0.39 is 16.0 Å². The summed E-state index contributed by atoms with van der Waals surface area (Å²) in [5.74, 6) is 0.0877. The lowest BCUT2D eigenvalue weighted by Gasteiger charge is -2.09. The zero-order valence-electron chi connectivity index (χ0n) is 14.3. The van der Waals surface area contributed by atoms with Crippen molar-refractivity contribution in [2.75, 3.05) is 19.8 Å². The Hall–Kier alpha value is -2.09. The lowest BCUT2D eigenvalue weighted by molar-refractivity contribution is -0.145. The van der Waals surface area contributed by atoms with E-state index in [-0.39, 0.29) is 18.0 Å². The smallest absolute Gasteiger partial charge is 0.344 e. The van der Waals surface area contributed by atoms with Crippen LogP contribution in [0.1, 0.15) is 12.5 Å². The number of nitrogens with one attached hydrogen (secondary N) is 1. The number of rotatable bonds is 9. The molecule has 2 aromatic rings. The predicted octanol–water partition coefficient (Wildman–Crippen LogP) is 2.80. The van der Waals surface area contributed by atoms with E-state index in [1.54, 1.807) is 25.1 Å². The van der Waals surface area contributed by atoms with Gasteiger partial charge in [0.2, 0.25) is 10.0 Å². The molecule has 0 unspecified atom stereocenters. The molecule has 0 saturated carbocycles. The molecule has 0 aliphatic carbocycles. The molecule has 0 spiro atoms. The number of carbonyl (C=O) groups excluding carboxylic acids is 1. The topological polar surface area (TPSA) is 81.7 Å². The van der Waals surface area contributed by atoms with E-state index in [1.807, 2.05) is 6.07 Å². The Labute approximate surface area is 158 Å². The Balaban J connectivity index is 1.88. The molecule has 0 heterocycles. The lowest BCUT2D eigenvalue weighted by atomic mass is 10.1. The largest absolute Gasteiger partial charge is 0.482 e. The molecule has 140 valence electrons. The number of sulfonamides is 1. The summed E-state index contributed by atoms with van der Waals surface area (Å²) in [6.45, 7) is 2.09. The van der Waals surface area contributed by atoms with Gasteiger partial charge in [0.1, 0.15) is 5.75 Å². The van der Waals surface area contributed by atoms with Gasteiger partial charge >= 0.3 is 5.97 Å². The second-order valence-electron chi connectivity index (χ2n) is 5.34. The summed E-state index contributed by atoms with van der Waals surface area (Å²) in [7, 11) is -3.59. The van der Waals surface area contributed by atoms with Gasteiger partial charge < -0.3 is 9.47 Å². The van der Waals surface area contributed by atoms with Crippen LogP contribution in [0, 0.1) is 0 Å². The van der Waals surface area contributed by atoms with Crippen molar-refractivity contribution < 1.29 is 22.7 Å². The lowest BCUT2D eigenvalue weighted by Crippen LogP contribution is -2.26. The summed E-state index contributed by atoms with van der Waals surface area (Å²) >= 11 is 5.77. The van der Waals surface area contributed by atoms with Gasteiger partial charge in [-0.05, 0) is 55.3 Å². The van der Waals surface area contributed by atoms with Gasteiger partial charge in [-0.3, -0.25) is 0 Å². The van der Waals surface area contributed by atoms with Crippen LogP contribution in [-0.4, -0.2) is 34.1 Å². The minimum Gasteiger partial charge on any atom is -0.482 e. The number of esters is 1. The Kier molecular flexibility index (Phi) is 7.44. The Morgan fingerprint density at radius 3 is 2.58 bits per heavy atom. The zero-order valence-corrected chi connectivity index (χ0v) is 15.8. The van der Waals surface area contributed by atoms with Gasteiger partial charge in [-0.1, -0.05) is 23.7 Å². The fraction of sp³-hybridized carbons (Fsp3) is 0.278. The van der Waals surface area contributed by atoms with Crippen LogP contribution in [0.3, 0.4) is 0 Å². The Morgan fingerprint density at radius 1 is 1.15 bits per heavy atom. The molecule has 0 amide bonds. The highest BCUT2D eigenvalue weighted by molar-refractivity contribution is 7.89. The van der Waals surface area contributed by atoms with Crippen molar-refractivity contribution >= 4 is 27.6 Å². The number of halogens is 1. The molecule has 0 aliphatic heterocycles. The number of ether oxygens (including phenoxy) is 2. The SMILES string of the molecule is CCOC(=O)COc1cccc(CCNS(=O)(=O)c2ccc(Cl)cc2)c1. The van der Waals surface area contributed by atoms with E-state index in [2.05, 4.69) is 4.72 Å². The highest BCUT2D eigenvalue weighted by Crippen LogP contribution is 2.15. The number of hydrogen-bond donors (Lipinski definition) is 1. The van der Waals surface area contributed by atoms with E-state index in [1.165, 1.54) is 24.3 Å². The van der Waals surface area contributed by atoms with Gasteiger partial charge in [-0.15, -0.1) is 0 Å². The third-order valence-corrected chi connectivity index (χ3v) is 5.12. The van der Waals surface area contributed by atoms with Crippen LogP contribution in [0.5, 0.6) is 5.75 Å². The molecule has 1 N–H and O–H groups in total. The molecule has 0 saturated heterocycles. The standard InChI is InChI=1S/C18H20ClNO5S/c1-2-24-18(21)13-25-16-5-3-4-14(12-16)10-11-20-26(22,23)17-8-6-15(19)7-9-17/h3-9,12,20H,2,10-11,13H2,1H3. The molecular weight excluding hydrogens is 378 g/mol. The molecule has 0 atom stereocenters. The van der Waals surface area contributed by atoms with Gasteiger partial charge in [-0.25, -0.2) is 17.9 Å². The van der Waals surface area contributed by atoms with E-state index >= 15 is 0 Å². The first-order valence-corrected chi connectivity index (χ1v) is 9.89. The van der Waals surface area contributed by atoms with Gasteiger partial charge in [0, 0.05) is 11.6 Å². The van der Waals surface area contributed by atoms with E-state index in [9.17, 15) is 13.2 Å². The monoisotopic (exact) mass is 397 g/mol. The maximum absolute atomic E-state index is 12.2. The molecule has 2 rings (SSSR count). The van der Waals surface area contributed by atoms with Gasteiger partial charge in [-0.2, -0.15) is 0 Å². The van der Waals surface area contributed by atoms with Crippen molar-refractivity contribution in [3.05, 3.63) is 59.1 Å². The highest BCUT2D eigenvalue weighted by Gasteiger charge is 2.13. The first kappa shape index (κ1) is 20.2. The molecule has 0 aliphatic rings. The maximum atomic E-state index is 12.2. The summed E-state index contributed by atoms with van der Waals surface area (Å²) in [5, 5.41) is 0.476. The van der Waals surface area contributed by atoms with Crippen molar-refractivity contribution in [2.45, 2.75) is 18.2 Å². The maximum Gasteiger partial charge on any atom is 0.344 e. The molecule has 2 aromatic carbocycles. The molecule has 0 fully saturated rings. The molecule has 26 heavy (non-hydrogen) atoms. The van der Waals surface area contributed by atoms with Crippen LogP contribution in [0.15, 0.2) is 53.4 Å². The van der Waals surface area contributed by atoms with E-state index in [4.69, 9.17) is 21.1 Å². The number of hydrogen-bond acceptors (Lipinski definition) is 5. The summed E-state index contributed by atoms with van der Waals surface area (Å²) in [6, 6.07) is 13.1. The van der Waals surface area contributed by atoms with Crippen LogP contribution in [0.25, 0.3) is 0 Å². The zero-order chi connectivity index (χ0) is 19.0. The van der Waals surface area contributed by atoms with Crippen LogP contribution in [0.4, 0.5) is 0 Å². The molecule has 0 bridgehead atoms. The van der Waals surface area contributed by atoms with Crippen molar-refractivity contribution in [3.63, 3.8) is 0 Å². The van der Waals surface area contributed by atoms with E-state index in [0.717, 1.165) is 5.56 Å². The predicted molar refractivity (Wildman–Crippen MR) is 98.9 cm³/mol. The Morgan fingerprint density at radius 2 is 1.88 bits per heavy atom. The third-order valence-electron chi connectivity index (χ3n) is 3.39. The molecular formula is C18H20ClNO5S. The first-order chi connectivity index (χ1) is 12.4. The quantitative estimate of drug-likeness (QED) is 0.658. The van der Waals surface area contributed by atoms with Gasteiger partial charge in [0.15, 0.2) is 6.61 Å². The third kappa shape index (κ3) is 6.33. The first-order valence-electron chi connectivity index (χ1n) is 8.03. The van der Waals surface area contributed by atoms with Crippen LogP contribution in [-0.2, 0) is 26.0 Å². The van der Waals surface area contributed by atoms with Crippen LogP contribution in [0.2, 0.25) is 5.02 Å². The summed E-state index contributed by atoms with van der Waals surface area (Å²) in [6.07, 6.45) is 0.476.